The Labute approximate surface area is 232 Å². The summed E-state index contributed by atoms with van der Waals surface area (Å²) in [6, 6.07) is 21.3. The molecule has 1 unspecified atom stereocenters. The van der Waals surface area contributed by atoms with Crippen LogP contribution in [0.1, 0.15) is 88.2 Å². The Morgan fingerprint density at radius 2 is 1.72 bits per heavy atom. The predicted molar refractivity (Wildman–Crippen MR) is 157 cm³/mol. The summed E-state index contributed by atoms with van der Waals surface area (Å²) < 4.78 is 7.21. The van der Waals surface area contributed by atoms with Gasteiger partial charge in [-0.2, -0.15) is 5.26 Å². The molecule has 0 fully saturated rings. The van der Waals surface area contributed by atoms with Gasteiger partial charge in [0.15, 0.2) is 0 Å². The Kier molecular flexibility index (Phi) is 11.4. The first-order chi connectivity index (χ1) is 18.9. The van der Waals surface area contributed by atoms with Gasteiger partial charge in [-0.1, -0.05) is 89.4 Å². The second kappa shape index (κ2) is 14.9. The largest absolute Gasteiger partial charge is 0.449 e. The lowest BCUT2D eigenvalue weighted by Gasteiger charge is -2.22. The summed E-state index contributed by atoms with van der Waals surface area (Å²) in [5, 5.41) is 12.4. The lowest BCUT2D eigenvalue weighted by molar-refractivity contribution is 0.128. The number of carbonyl (C=O) groups is 1. The van der Waals surface area contributed by atoms with Crippen molar-refractivity contribution in [1.29, 1.82) is 5.26 Å². The molecule has 3 rings (SSSR count). The third-order valence-corrected chi connectivity index (χ3v) is 6.80. The number of pyridine rings is 1. The summed E-state index contributed by atoms with van der Waals surface area (Å²) in [6.07, 6.45) is 4.86. The van der Waals surface area contributed by atoms with E-state index >= 15 is 0 Å². The molecule has 0 bridgehead atoms. The van der Waals surface area contributed by atoms with E-state index in [2.05, 4.69) is 25.2 Å². The Morgan fingerprint density at radius 1 is 1.00 bits per heavy atom. The summed E-state index contributed by atoms with van der Waals surface area (Å²) in [4.78, 5) is 26.4. The fraction of sp³-hybridized carbons (Fsp3) is 0.424. The monoisotopic (exact) mass is 527 g/mol. The number of hydrogen-bond acceptors (Lipinski definition) is 4. The van der Waals surface area contributed by atoms with Crippen molar-refractivity contribution in [3.8, 4) is 17.2 Å². The summed E-state index contributed by atoms with van der Waals surface area (Å²) in [7, 11) is 0. The van der Waals surface area contributed by atoms with Crippen molar-refractivity contribution in [1.82, 2.24) is 9.88 Å². The normalized spacial score (nSPS) is 11.7. The number of nitrogens with one attached hydrogen (secondary N) is 1. The molecule has 2 aromatic carbocycles. The number of alkyl carbamates (subject to hydrolysis) is 1. The quantitative estimate of drug-likeness (QED) is 0.251. The first kappa shape index (κ1) is 29.7. The first-order valence-electron chi connectivity index (χ1n) is 14.1. The van der Waals surface area contributed by atoms with E-state index in [1.807, 2.05) is 79.1 Å². The van der Waals surface area contributed by atoms with Crippen molar-refractivity contribution in [2.24, 2.45) is 5.92 Å². The summed E-state index contributed by atoms with van der Waals surface area (Å²) in [6.45, 7) is 8.99. The topological polar surface area (TPSA) is 84.1 Å². The molecule has 39 heavy (non-hydrogen) atoms. The van der Waals surface area contributed by atoms with Crippen molar-refractivity contribution in [2.75, 3.05) is 6.61 Å². The van der Waals surface area contributed by atoms with Crippen LogP contribution in [-0.2, 0) is 17.7 Å². The second-order valence-electron chi connectivity index (χ2n) is 10.5. The summed E-state index contributed by atoms with van der Waals surface area (Å²) in [5.74, 6) is 0.236. The van der Waals surface area contributed by atoms with Gasteiger partial charge in [0.25, 0.3) is 5.56 Å². The van der Waals surface area contributed by atoms with Gasteiger partial charge in [0, 0.05) is 11.3 Å². The van der Waals surface area contributed by atoms with E-state index in [4.69, 9.17) is 4.74 Å². The number of aryl methyl sites for hydroxylation is 1. The number of benzene rings is 2. The molecule has 6 nitrogen and oxygen atoms in total. The van der Waals surface area contributed by atoms with Gasteiger partial charge in [0.2, 0.25) is 0 Å². The van der Waals surface area contributed by atoms with Crippen LogP contribution in [0.3, 0.4) is 0 Å². The van der Waals surface area contributed by atoms with Gasteiger partial charge < -0.3 is 14.6 Å². The molecule has 3 aromatic rings. The van der Waals surface area contributed by atoms with Crippen molar-refractivity contribution in [3.63, 3.8) is 0 Å². The highest BCUT2D eigenvalue weighted by Crippen LogP contribution is 2.24. The molecule has 1 aromatic heterocycles. The molecule has 0 saturated heterocycles. The van der Waals surface area contributed by atoms with Gasteiger partial charge in [-0.15, -0.1) is 0 Å². The van der Waals surface area contributed by atoms with Crippen molar-refractivity contribution in [3.05, 3.63) is 93.4 Å². The lowest BCUT2D eigenvalue weighted by Crippen LogP contribution is -2.36. The van der Waals surface area contributed by atoms with E-state index in [1.54, 1.807) is 0 Å². The average Bonchev–Trinajstić information content (AvgIpc) is 2.95. The molecule has 1 atom stereocenters. The van der Waals surface area contributed by atoms with Gasteiger partial charge in [0.1, 0.15) is 0 Å². The second-order valence-corrected chi connectivity index (χ2v) is 10.5. The minimum Gasteiger partial charge on any atom is -0.449 e. The van der Waals surface area contributed by atoms with E-state index in [0.29, 0.717) is 30.7 Å². The van der Waals surface area contributed by atoms with Crippen molar-refractivity contribution in [2.45, 2.75) is 78.8 Å². The van der Waals surface area contributed by atoms with Crippen LogP contribution in [-0.4, -0.2) is 17.3 Å². The maximum Gasteiger partial charge on any atom is 0.407 e. The summed E-state index contributed by atoms with van der Waals surface area (Å²) >= 11 is 0. The number of aromatic nitrogens is 1. The number of carbonyl (C=O) groups excluding carboxylic acids is 1. The van der Waals surface area contributed by atoms with Crippen LogP contribution in [0.2, 0.25) is 0 Å². The standard InChI is InChI=1S/C33H41N3O3/c1-5-7-12-28-19-20-30(31(14-8-6-2)35-33(38)39-23-24(3)4)32(37)36(28)22-25-15-17-26(18-16-25)29-13-10-9-11-27(29)21-34/h9-11,13,15-20,24,31H,5-8,12,14,22-23H2,1-4H3,(H,35,38). The van der Waals surface area contributed by atoms with Crippen LogP contribution >= 0.6 is 0 Å². The van der Waals surface area contributed by atoms with Gasteiger partial charge in [-0.25, -0.2) is 4.79 Å². The third-order valence-electron chi connectivity index (χ3n) is 6.80. The number of rotatable bonds is 13. The van der Waals surface area contributed by atoms with Crippen LogP contribution in [0.4, 0.5) is 4.79 Å². The molecule has 0 aliphatic carbocycles. The third kappa shape index (κ3) is 8.32. The Balaban J connectivity index is 1.94. The highest BCUT2D eigenvalue weighted by Gasteiger charge is 2.21. The average molecular weight is 528 g/mol. The van der Waals surface area contributed by atoms with Crippen LogP contribution in [0.5, 0.6) is 0 Å². The smallest absolute Gasteiger partial charge is 0.407 e. The highest BCUT2D eigenvalue weighted by molar-refractivity contribution is 5.70. The van der Waals surface area contributed by atoms with Gasteiger partial charge in [-0.3, -0.25) is 4.79 Å². The molecular formula is C33H41N3O3. The Bertz CT molecular complexity index is 1320. The van der Waals surface area contributed by atoms with Crippen LogP contribution in [0.25, 0.3) is 11.1 Å². The van der Waals surface area contributed by atoms with E-state index in [1.165, 1.54) is 0 Å². The fourth-order valence-corrected chi connectivity index (χ4v) is 4.59. The highest BCUT2D eigenvalue weighted by atomic mass is 16.5. The van der Waals surface area contributed by atoms with Crippen LogP contribution in [0.15, 0.2) is 65.5 Å². The van der Waals surface area contributed by atoms with E-state index in [-0.39, 0.29) is 11.5 Å². The molecule has 0 saturated carbocycles. The van der Waals surface area contributed by atoms with Gasteiger partial charge in [0.05, 0.1) is 30.8 Å². The maximum absolute atomic E-state index is 13.9. The Morgan fingerprint density at radius 3 is 2.38 bits per heavy atom. The van der Waals surface area contributed by atoms with Gasteiger partial charge in [-0.05, 0) is 60.1 Å². The molecule has 6 heteroatoms. The van der Waals surface area contributed by atoms with Gasteiger partial charge >= 0.3 is 6.09 Å². The van der Waals surface area contributed by atoms with Crippen molar-refractivity contribution >= 4 is 6.09 Å². The Hall–Kier alpha value is -3.85. The zero-order valence-corrected chi connectivity index (χ0v) is 23.7. The number of amides is 1. The maximum atomic E-state index is 13.9. The SMILES string of the molecule is CCCCc1ccc(C(CCCC)NC(=O)OCC(C)C)c(=O)n1Cc1ccc(-c2ccccc2C#N)cc1. The minimum absolute atomic E-state index is 0.0761. The fourth-order valence-electron chi connectivity index (χ4n) is 4.59. The number of ether oxygens (including phenoxy) is 1. The minimum atomic E-state index is -0.487. The summed E-state index contributed by atoms with van der Waals surface area (Å²) in [5.41, 5.74) is 4.99. The van der Waals surface area contributed by atoms with Crippen LogP contribution < -0.4 is 10.9 Å². The molecule has 0 spiro atoms. The number of nitrogens with zero attached hydrogens (tertiary/aromatic N) is 2. The predicted octanol–water partition coefficient (Wildman–Crippen LogP) is 7.39. The molecule has 1 N–H and O–H groups in total. The lowest BCUT2D eigenvalue weighted by atomic mass is 9.99. The van der Waals surface area contributed by atoms with Crippen LogP contribution in [0, 0.1) is 17.2 Å². The molecule has 0 aliphatic rings. The van der Waals surface area contributed by atoms with Crippen molar-refractivity contribution < 1.29 is 9.53 Å². The zero-order chi connectivity index (χ0) is 28.2. The van der Waals surface area contributed by atoms with E-state index in [9.17, 15) is 14.9 Å². The van der Waals surface area contributed by atoms with E-state index < -0.39 is 12.1 Å². The first-order valence-corrected chi connectivity index (χ1v) is 14.1. The zero-order valence-electron chi connectivity index (χ0n) is 23.7. The number of unbranched alkanes of at least 4 members (excludes halogenated alkanes) is 2. The molecule has 1 amide bonds. The molecule has 206 valence electrons. The molecular weight excluding hydrogens is 486 g/mol. The molecule has 1 heterocycles. The number of hydrogen-bond donors (Lipinski definition) is 1. The number of nitriles is 1. The molecule has 0 aliphatic heterocycles. The molecule has 0 radical (unpaired) electrons. The van der Waals surface area contributed by atoms with E-state index in [0.717, 1.165) is 54.5 Å².